The number of nitrogens with one attached hydrogen (secondary N) is 1. The topological polar surface area (TPSA) is 29.9 Å². The lowest BCUT2D eigenvalue weighted by Gasteiger charge is -2.14. The summed E-state index contributed by atoms with van der Waals surface area (Å²) in [6, 6.07) is 10.8. The Hall–Kier alpha value is -1.13. The highest BCUT2D eigenvalue weighted by molar-refractivity contribution is 9.10. The quantitative estimate of drug-likeness (QED) is 0.939. The summed E-state index contributed by atoms with van der Waals surface area (Å²) in [5.74, 6) is 0. The van der Waals surface area contributed by atoms with Gasteiger partial charge in [0.1, 0.15) is 0 Å². The van der Waals surface area contributed by atoms with Crippen LogP contribution in [0.1, 0.15) is 29.9 Å². The minimum absolute atomic E-state index is 0.327. The molecule has 0 radical (unpaired) electrons. The van der Waals surface area contributed by atoms with Gasteiger partial charge in [-0.05, 0) is 35.3 Å². The number of aryl methyl sites for hydroxylation is 2. The Kier molecular flexibility index (Phi) is 4.19. The standard InChI is InChI=1S/C14H18BrN3/c1-10(12-7-5-4-6-8-12)16-9-13-14(15)11(2)17-18(13)3/h4-8,10,16H,9H2,1-3H3/t10-/m1/s1. The van der Waals surface area contributed by atoms with Crippen LogP contribution >= 0.6 is 15.9 Å². The predicted octanol–water partition coefficient (Wildman–Crippen LogP) is 3.34. The lowest BCUT2D eigenvalue weighted by molar-refractivity contribution is 0.547. The molecular weight excluding hydrogens is 290 g/mol. The maximum absolute atomic E-state index is 4.39. The van der Waals surface area contributed by atoms with Crippen molar-refractivity contribution in [2.75, 3.05) is 0 Å². The fraction of sp³-hybridized carbons (Fsp3) is 0.357. The number of rotatable bonds is 4. The molecule has 0 amide bonds. The van der Waals surface area contributed by atoms with Crippen molar-refractivity contribution in [3.63, 3.8) is 0 Å². The number of benzene rings is 1. The normalized spacial score (nSPS) is 12.7. The van der Waals surface area contributed by atoms with Crippen molar-refractivity contribution in [1.82, 2.24) is 15.1 Å². The van der Waals surface area contributed by atoms with Crippen LogP contribution in [0.5, 0.6) is 0 Å². The highest BCUT2D eigenvalue weighted by Crippen LogP contribution is 2.21. The summed E-state index contributed by atoms with van der Waals surface area (Å²) in [4.78, 5) is 0. The van der Waals surface area contributed by atoms with Crippen LogP contribution in [0.2, 0.25) is 0 Å². The molecule has 3 nitrogen and oxygen atoms in total. The molecule has 0 spiro atoms. The van der Waals surface area contributed by atoms with Gasteiger partial charge < -0.3 is 5.32 Å². The molecule has 1 N–H and O–H groups in total. The van der Waals surface area contributed by atoms with Gasteiger partial charge in [0.25, 0.3) is 0 Å². The summed E-state index contributed by atoms with van der Waals surface area (Å²) >= 11 is 3.58. The molecule has 1 aromatic carbocycles. The number of hydrogen-bond acceptors (Lipinski definition) is 2. The van der Waals surface area contributed by atoms with E-state index in [1.165, 1.54) is 11.3 Å². The van der Waals surface area contributed by atoms with Crippen LogP contribution in [-0.4, -0.2) is 9.78 Å². The molecule has 0 bridgehead atoms. The summed E-state index contributed by atoms with van der Waals surface area (Å²) in [6.45, 7) is 4.98. The molecule has 1 aromatic heterocycles. The van der Waals surface area contributed by atoms with Crippen molar-refractivity contribution in [2.24, 2.45) is 7.05 Å². The maximum Gasteiger partial charge on any atom is 0.0739 e. The smallest absolute Gasteiger partial charge is 0.0739 e. The molecule has 0 saturated heterocycles. The molecule has 18 heavy (non-hydrogen) atoms. The van der Waals surface area contributed by atoms with E-state index in [0.717, 1.165) is 16.7 Å². The third-order valence-electron chi connectivity index (χ3n) is 3.14. The Morgan fingerprint density at radius 2 is 2.00 bits per heavy atom. The Balaban J connectivity index is 2.04. The molecule has 0 aliphatic heterocycles. The minimum Gasteiger partial charge on any atom is -0.305 e. The highest BCUT2D eigenvalue weighted by atomic mass is 79.9. The van der Waals surface area contributed by atoms with Crippen molar-refractivity contribution >= 4 is 15.9 Å². The molecule has 2 rings (SSSR count). The van der Waals surface area contributed by atoms with Gasteiger partial charge in [-0.1, -0.05) is 30.3 Å². The lowest BCUT2D eigenvalue weighted by atomic mass is 10.1. The first kappa shape index (κ1) is 13.3. The number of halogens is 1. The van der Waals surface area contributed by atoms with Gasteiger partial charge in [-0.3, -0.25) is 4.68 Å². The van der Waals surface area contributed by atoms with Crippen LogP contribution in [-0.2, 0) is 13.6 Å². The SMILES string of the molecule is Cc1nn(C)c(CN[C@H](C)c2ccccc2)c1Br. The van der Waals surface area contributed by atoms with Gasteiger partial charge in [-0.15, -0.1) is 0 Å². The summed E-state index contributed by atoms with van der Waals surface area (Å²) < 4.78 is 3.02. The summed E-state index contributed by atoms with van der Waals surface area (Å²) in [5, 5.41) is 7.91. The fourth-order valence-corrected chi connectivity index (χ4v) is 2.46. The Bertz CT molecular complexity index is 519. The Labute approximate surface area is 116 Å². The minimum atomic E-state index is 0.327. The van der Waals surface area contributed by atoms with Crippen molar-refractivity contribution in [2.45, 2.75) is 26.4 Å². The summed E-state index contributed by atoms with van der Waals surface area (Å²) in [6.07, 6.45) is 0. The van der Waals surface area contributed by atoms with Crippen molar-refractivity contribution < 1.29 is 0 Å². The predicted molar refractivity (Wildman–Crippen MR) is 77.3 cm³/mol. The Morgan fingerprint density at radius 3 is 2.56 bits per heavy atom. The van der Waals surface area contributed by atoms with Gasteiger partial charge in [0.15, 0.2) is 0 Å². The van der Waals surface area contributed by atoms with Gasteiger partial charge in [-0.25, -0.2) is 0 Å². The molecular formula is C14H18BrN3. The van der Waals surface area contributed by atoms with E-state index in [4.69, 9.17) is 0 Å². The van der Waals surface area contributed by atoms with E-state index in [2.05, 4.69) is 57.5 Å². The van der Waals surface area contributed by atoms with E-state index in [1.54, 1.807) is 0 Å². The van der Waals surface area contributed by atoms with E-state index < -0.39 is 0 Å². The molecule has 1 heterocycles. The van der Waals surface area contributed by atoms with Crippen LogP contribution in [0.3, 0.4) is 0 Å². The van der Waals surface area contributed by atoms with E-state index in [1.807, 2.05) is 24.7 Å². The van der Waals surface area contributed by atoms with Crippen molar-refractivity contribution in [1.29, 1.82) is 0 Å². The first-order valence-corrected chi connectivity index (χ1v) is 6.85. The Morgan fingerprint density at radius 1 is 1.33 bits per heavy atom. The molecule has 96 valence electrons. The number of hydrogen-bond donors (Lipinski definition) is 1. The fourth-order valence-electron chi connectivity index (χ4n) is 1.98. The zero-order chi connectivity index (χ0) is 13.1. The van der Waals surface area contributed by atoms with Gasteiger partial charge in [-0.2, -0.15) is 5.10 Å². The lowest BCUT2D eigenvalue weighted by Crippen LogP contribution is -2.20. The van der Waals surface area contributed by atoms with Gasteiger partial charge in [0.05, 0.1) is 15.9 Å². The van der Waals surface area contributed by atoms with Gasteiger partial charge >= 0.3 is 0 Å². The average Bonchev–Trinajstić information content (AvgIpc) is 2.62. The van der Waals surface area contributed by atoms with E-state index >= 15 is 0 Å². The second kappa shape index (κ2) is 5.67. The van der Waals surface area contributed by atoms with E-state index in [9.17, 15) is 0 Å². The summed E-state index contributed by atoms with van der Waals surface area (Å²) in [7, 11) is 1.97. The van der Waals surface area contributed by atoms with Crippen LogP contribution in [0.25, 0.3) is 0 Å². The second-order valence-electron chi connectivity index (χ2n) is 4.48. The zero-order valence-corrected chi connectivity index (χ0v) is 12.5. The average molecular weight is 308 g/mol. The molecule has 4 heteroatoms. The first-order valence-electron chi connectivity index (χ1n) is 6.06. The van der Waals surface area contributed by atoms with E-state index in [0.29, 0.717) is 6.04 Å². The molecule has 0 fully saturated rings. The molecule has 0 unspecified atom stereocenters. The van der Waals surface area contributed by atoms with Gasteiger partial charge in [0.2, 0.25) is 0 Å². The van der Waals surface area contributed by atoms with Crippen LogP contribution in [0, 0.1) is 6.92 Å². The molecule has 0 saturated carbocycles. The third kappa shape index (κ3) is 2.82. The second-order valence-corrected chi connectivity index (χ2v) is 5.28. The molecule has 1 atom stereocenters. The number of nitrogens with zero attached hydrogens (tertiary/aromatic N) is 2. The maximum atomic E-state index is 4.39. The van der Waals surface area contributed by atoms with E-state index in [-0.39, 0.29) is 0 Å². The summed E-state index contributed by atoms with van der Waals surface area (Å²) in [5.41, 5.74) is 3.50. The highest BCUT2D eigenvalue weighted by Gasteiger charge is 2.11. The first-order chi connectivity index (χ1) is 8.59. The molecule has 2 aromatic rings. The van der Waals surface area contributed by atoms with Crippen LogP contribution in [0.4, 0.5) is 0 Å². The van der Waals surface area contributed by atoms with Gasteiger partial charge in [0, 0.05) is 19.6 Å². The molecule has 0 aliphatic rings. The third-order valence-corrected chi connectivity index (χ3v) is 4.17. The van der Waals surface area contributed by atoms with Crippen LogP contribution in [0.15, 0.2) is 34.8 Å². The molecule has 0 aliphatic carbocycles. The monoisotopic (exact) mass is 307 g/mol. The van der Waals surface area contributed by atoms with Crippen LogP contribution < -0.4 is 5.32 Å². The van der Waals surface area contributed by atoms with Crippen molar-refractivity contribution in [3.05, 3.63) is 51.8 Å². The zero-order valence-electron chi connectivity index (χ0n) is 10.9. The van der Waals surface area contributed by atoms with Crippen molar-refractivity contribution in [3.8, 4) is 0 Å². The largest absolute Gasteiger partial charge is 0.305 e. The number of aromatic nitrogens is 2.